The minimum Gasteiger partial charge on any atom is -0.494 e. The smallest absolute Gasteiger partial charge is 0.123 e. The Morgan fingerprint density at radius 2 is 1.70 bits per heavy atom. The van der Waals surface area contributed by atoms with Crippen molar-refractivity contribution in [3.8, 4) is 5.75 Å². The van der Waals surface area contributed by atoms with Crippen molar-refractivity contribution in [3.63, 3.8) is 0 Å². The van der Waals surface area contributed by atoms with Gasteiger partial charge in [-0.3, -0.25) is 0 Å². The van der Waals surface area contributed by atoms with E-state index in [0.717, 1.165) is 28.6 Å². The van der Waals surface area contributed by atoms with Gasteiger partial charge in [0.15, 0.2) is 0 Å². The van der Waals surface area contributed by atoms with Gasteiger partial charge in [0.05, 0.1) is 6.61 Å². The van der Waals surface area contributed by atoms with Gasteiger partial charge < -0.3 is 10.5 Å². The van der Waals surface area contributed by atoms with Crippen molar-refractivity contribution in [2.45, 2.75) is 18.9 Å². The second-order valence-corrected chi connectivity index (χ2v) is 5.60. The first-order chi connectivity index (χ1) is 9.63. The van der Waals surface area contributed by atoms with Crippen LogP contribution in [0.3, 0.4) is 0 Å². The summed E-state index contributed by atoms with van der Waals surface area (Å²) in [7, 11) is 0. The maximum absolute atomic E-state index is 12.8. The van der Waals surface area contributed by atoms with E-state index in [0.29, 0.717) is 6.61 Å². The molecule has 0 fully saturated rings. The summed E-state index contributed by atoms with van der Waals surface area (Å²) in [5.74, 6) is 0.614. The Bertz CT molecular complexity index is 527. The summed E-state index contributed by atoms with van der Waals surface area (Å²) in [6.45, 7) is 0.573. The van der Waals surface area contributed by atoms with Crippen LogP contribution in [0.4, 0.5) is 4.39 Å². The van der Waals surface area contributed by atoms with E-state index in [2.05, 4.69) is 15.9 Å². The van der Waals surface area contributed by atoms with E-state index in [-0.39, 0.29) is 11.9 Å². The van der Waals surface area contributed by atoms with E-state index in [1.54, 1.807) is 12.1 Å². The minimum absolute atomic E-state index is 0.0101. The number of rotatable bonds is 6. The fourth-order valence-electron chi connectivity index (χ4n) is 1.88. The number of ether oxygens (including phenoxy) is 1. The molecular weight excluding hydrogens is 321 g/mol. The Kier molecular flexibility index (Phi) is 5.56. The molecule has 20 heavy (non-hydrogen) atoms. The molecule has 0 aromatic heterocycles. The molecule has 2 rings (SSSR count). The van der Waals surface area contributed by atoms with Crippen molar-refractivity contribution in [2.24, 2.45) is 5.73 Å². The molecule has 0 heterocycles. The van der Waals surface area contributed by atoms with Gasteiger partial charge in [-0.05, 0) is 54.8 Å². The molecule has 0 bridgehead atoms. The van der Waals surface area contributed by atoms with Gasteiger partial charge in [0.25, 0.3) is 0 Å². The minimum atomic E-state index is -0.221. The Morgan fingerprint density at radius 1 is 1.05 bits per heavy atom. The van der Waals surface area contributed by atoms with Crippen LogP contribution >= 0.6 is 15.9 Å². The molecule has 2 aromatic rings. The number of hydrogen-bond acceptors (Lipinski definition) is 2. The molecule has 1 unspecified atom stereocenters. The molecule has 1 atom stereocenters. The number of benzene rings is 2. The molecule has 0 saturated heterocycles. The average molecular weight is 338 g/mol. The summed E-state index contributed by atoms with van der Waals surface area (Å²) >= 11 is 3.38. The summed E-state index contributed by atoms with van der Waals surface area (Å²) in [5, 5.41) is 0. The SMILES string of the molecule is NC(CCOc1ccc(Br)cc1)Cc1ccc(F)cc1. The van der Waals surface area contributed by atoms with Gasteiger partial charge in [0.1, 0.15) is 11.6 Å². The van der Waals surface area contributed by atoms with Crippen LogP contribution in [0.5, 0.6) is 5.75 Å². The standard InChI is InChI=1S/C16H17BrFNO/c17-13-3-7-16(8-4-13)20-10-9-15(19)11-12-1-5-14(18)6-2-12/h1-8,15H,9-11,19H2. The Balaban J connectivity index is 1.73. The quantitative estimate of drug-likeness (QED) is 0.866. The van der Waals surface area contributed by atoms with E-state index >= 15 is 0 Å². The normalized spacial score (nSPS) is 12.2. The highest BCUT2D eigenvalue weighted by Gasteiger charge is 2.05. The molecule has 2 nitrogen and oxygen atoms in total. The molecule has 0 spiro atoms. The third kappa shape index (κ3) is 4.94. The molecule has 106 valence electrons. The Labute approximate surface area is 126 Å². The van der Waals surface area contributed by atoms with Crippen molar-refractivity contribution in [1.82, 2.24) is 0 Å². The van der Waals surface area contributed by atoms with Crippen molar-refractivity contribution in [1.29, 1.82) is 0 Å². The lowest BCUT2D eigenvalue weighted by Crippen LogP contribution is -2.25. The van der Waals surface area contributed by atoms with E-state index in [1.165, 1.54) is 12.1 Å². The molecule has 0 amide bonds. The van der Waals surface area contributed by atoms with Gasteiger partial charge in [-0.25, -0.2) is 4.39 Å². The topological polar surface area (TPSA) is 35.2 Å². The first-order valence-electron chi connectivity index (χ1n) is 6.52. The number of nitrogens with two attached hydrogens (primary N) is 1. The highest BCUT2D eigenvalue weighted by atomic mass is 79.9. The fraction of sp³-hybridized carbons (Fsp3) is 0.250. The molecular formula is C16H17BrFNO. The second-order valence-electron chi connectivity index (χ2n) is 4.68. The van der Waals surface area contributed by atoms with Crippen LogP contribution in [0, 0.1) is 5.82 Å². The molecule has 2 N–H and O–H groups in total. The molecule has 2 aromatic carbocycles. The van der Waals surface area contributed by atoms with Crippen molar-refractivity contribution < 1.29 is 9.13 Å². The van der Waals surface area contributed by atoms with Crippen molar-refractivity contribution in [3.05, 3.63) is 64.4 Å². The Morgan fingerprint density at radius 3 is 2.35 bits per heavy atom. The van der Waals surface area contributed by atoms with E-state index in [4.69, 9.17) is 10.5 Å². The molecule has 0 aliphatic rings. The summed E-state index contributed by atoms with van der Waals surface area (Å²) in [6, 6.07) is 14.2. The third-order valence-corrected chi connectivity index (χ3v) is 3.51. The summed E-state index contributed by atoms with van der Waals surface area (Å²) in [5.41, 5.74) is 7.09. The summed E-state index contributed by atoms with van der Waals surface area (Å²) in [6.07, 6.45) is 1.48. The lowest BCUT2D eigenvalue weighted by atomic mass is 10.0. The maximum Gasteiger partial charge on any atom is 0.123 e. The highest BCUT2D eigenvalue weighted by Crippen LogP contribution is 2.16. The van der Waals surface area contributed by atoms with E-state index in [9.17, 15) is 4.39 Å². The van der Waals surface area contributed by atoms with Crippen LogP contribution in [0.15, 0.2) is 53.0 Å². The second kappa shape index (κ2) is 7.41. The highest BCUT2D eigenvalue weighted by molar-refractivity contribution is 9.10. The maximum atomic E-state index is 12.8. The first-order valence-corrected chi connectivity index (χ1v) is 7.31. The van der Waals surface area contributed by atoms with Gasteiger partial charge in [-0.1, -0.05) is 28.1 Å². The van der Waals surface area contributed by atoms with Crippen LogP contribution < -0.4 is 10.5 Å². The first kappa shape index (κ1) is 15.0. The van der Waals surface area contributed by atoms with Gasteiger partial charge in [-0.15, -0.1) is 0 Å². The van der Waals surface area contributed by atoms with Gasteiger partial charge in [-0.2, -0.15) is 0 Å². The van der Waals surface area contributed by atoms with Crippen molar-refractivity contribution >= 4 is 15.9 Å². The predicted molar refractivity (Wildman–Crippen MR) is 82.3 cm³/mol. The van der Waals surface area contributed by atoms with Crippen molar-refractivity contribution in [2.75, 3.05) is 6.61 Å². The van der Waals surface area contributed by atoms with Gasteiger partial charge in [0, 0.05) is 10.5 Å². The van der Waals surface area contributed by atoms with Crippen LogP contribution in [-0.4, -0.2) is 12.6 Å². The molecule has 0 aliphatic heterocycles. The molecule has 0 radical (unpaired) electrons. The Hall–Kier alpha value is -1.39. The number of halogens is 2. The lowest BCUT2D eigenvalue weighted by Gasteiger charge is -2.12. The monoisotopic (exact) mass is 337 g/mol. The lowest BCUT2D eigenvalue weighted by molar-refractivity contribution is 0.297. The van der Waals surface area contributed by atoms with E-state index in [1.807, 2.05) is 24.3 Å². The van der Waals surface area contributed by atoms with Crippen LogP contribution in [0.1, 0.15) is 12.0 Å². The largest absolute Gasteiger partial charge is 0.494 e. The predicted octanol–water partition coefficient (Wildman–Crippen LogP) is 3.93. The average Bonchev–Trinajstić information content (AvgIpc) is 2.44. The summed E-state index contributed by atoms with van der Waals surface area (Å²) < 4.78 is 19.4. The zero-order valence-electron chi connectivity index (χ0n) is 11.1. The zero-order valence-corrected chi connectivity index (χ0v) is 12.6. The van der Waals surface area contributed by atoms with Gasteiger partial charge in [0.2, 0.25) is 0 Å². The third-order valence-electron chi connectivity index (χ3n) is 2.98. The fourth-order valence-corrected chi connectivity index (χ4v) is 2.15. The summed E-state index contributed by atoms with van der Waals surface area (Å²) in [4.78, 5) is 0. The van der Waals surface area contributed by atoms with Gasteiger partial charge >= 0.3 is 0 Å². The van der Waals surface area contributed by atoms with Crippen LogP contribution in [0.2, 0.25) is 0 Å². The molecule has 4 heteroatoms. The zero-order chi connectivity index (χ0) is 14.4. The van der Waals surface area contributed by atoms with Crippen LogP contribution in [-0.2, 0) is 6.42 Å². The molecule has 0 aliphatic carbocycles. The van der Waals surface area contributed by atoms with Crippen LogP contribution in [0.25, 0.3) is 0 Å². The van der Waals surface area contributed by atoms with E-state index < -0.39 is 0 Å². The molecule has 0 saturated carbocycles. The number of hydrogen-bond donors (Lipinski definition) is 1.